The first-order valence-corrected chi connectivity index (χ1v) is 11.8. The van der Waals surface area contributed by atoms with Crippen LogP contribution in [-0.4, -0.2) is 23.4 Å². The Kier molecular flexibility index (Phi) is 6.38. The van der Waals surface area contributed by atoms with E-state index in [-0.39, 0.29) is 11.3 Å². The van der Waals surface area contributed by atoms with Crippen molar-refractivity contribution >= 4 is 34.5 Å². The molecule has 1 aliphatic rings. The van der Waals surface area contributed by atoms with Crippen LogP contribution in [0, 0.1) is 19.8 Å². The highest BCUT2D eigenvalue weighted by Gasteiger charge is 2.48. The lowest BCUT2D eigenvalue weighted by Crippen LogP contribution is -2.30. The molecule has 4 rings (SSSR count). The highest BCUT2D eigenvalue weighted by atomic mass is 32.1. The number of aryl methyl sites for hydroxylation is 2. The van der Waals surface area contributed by atoms with Crippen molar-refractivity contribution in [3.05, 3.63) is 87.1 Å². The Bertz CT molecular complexity index is 1220. The van der Waals surface area contributed by atoms with Crippen LogP contribution in [-0.2, 0) is 9.59 Å². The van der Waals surface area contributed by atoms with Gasteiger partial charge >= 0.3 is 0 Å². The van der Waals surface area contributed by atoms with E-state index in [2.05, 4.69) is 13.8 Å². The van der Waals surface area contributed by atoms with Crippen LogP contribution in [0.5, 0.6) is 5.75 Å². The molecule has 3 aromatic rings. The summed E-state index contributed by atoms with van der Waals surface area (Å²) in [6.07, 6.45) is 0. The molecule has 1 aromatic heterocycles. The van der Waals surface area contributed by atoms with Crippen molar-refractivity contribution in [2.45, 2.75) is 33.7 Å². The Balaban J connectivity index is 1.83. The number of hydrogen-bond donors (Lipinski definition) is 1. The average Bonchev–Trinajstić information content (AvgIpc) is 3.33. The predicted molar refractivity (Wildman–Crippen MR) is 132 cm³/mol. The van der Waals surface area contributed by atoms with E-state index in [1.54, 1.807) is 24.3 Å². The number of ether oxygens (including phenoxy) is 1. The Morgan fingerprint density at radius 1 is 1.03 bits per heavy atom. The number of benzene rings is 2. The van der Waals surface area contributed by atoms with Gasteiger partial charge in [-0.1, -0.05) is 32.0 Å². The van der Waals surface area contributed by atoms with E-state index in [1.807, 2.05) is 49.6 Å². The van der Waals surface area contributed by atoms with Crippen molar-refractivity contribution in [3.8, 4) is 5.75 Å². The lowest BCUT2D eigenvalue weighted by atomic mass is 9.98. The van der Waals surface area contributed by atoms with Gasteiger partial charge in [-0.3, -0.25) is 14.5 Å². The molecule has 2 heterocycles. The van der Waals surface area contributed by atoms with Crippen LogP contribution < -0.4 is 9.64 Å². The van der Waals surface area contributed by atoms with Crippen molar-refractivity contribution in [2.24, 2.45) is 5.92 Å². The molecule has 170 valence electrons. The summed E-state index contributed by atoms with van der Waals surface area (Å²) < 4.78 is 5.72. The monoisotopic (exact) mass is 461 g/mol. The molecular formula is C27H27NO4S. The minimum atomic E-state index is -0.692. The molecule has 1 saturated heterocycles. The van der Waals surface area contributed by atoms with E-state index < -0.39 is 17.7 Å². The molecule has 1 aliphatic heterocycles. The number of Topliss-reactive ketones (excluding diaryl/α,β-unsaturated/α-hetero) is 1. The number of ketones is 1. The fraction of sp³-hybridized carbons (Fsp3) is 0.259. The third-order valence-corrected chi connectivity index (χ3v) is 6.75. The highest BCUT2D eigenvalue weighted by Crippen LogP contribution is 2.45. The summed E-state index contributed by atoms with van der Waals surface area (Å²) in [7, 11) is 0. The van der Waals surface area contributed by atoms with Gasteiger partial charge in [0.15, 0.2) is 0 Å². The van der Waals surface area contributed by atoms with Gasteiger partial charge in [-0.2, -0.15) is 0 Å². The number of aliphatic hydroxyl groups excluding tert-OH is 1. The number of carbonyl (C=O) groups excluding carboxylic acids is 2. The number of hydrogen-bond acceptors (Lipinski definition) is 5. The maximum absolute atomic E-state index is 13.2. The van der Waals surface area contributed by atoms with Crippen LogP contribution in [0.4, 0.5) is 5.69 Å². The molecule has 1 unspecified atom stereocenters. The number of amides is 1. The van der Waals surface area contributed by atoms with Crippen molar-refractivity contribution < 1.29 is 19.4 Å². The zero-order valence-electron chi connectivity index (χ0n) is 19.2. The molecule has 0 radical (unpaired) electrons. The number of thiophene rings is 1. The van der Waals surface area contributed by atoms with E-state index in [1.165, 1.54) is 16.2 Å². The fourth-order valence-electron chi connectivity index (χ4n) is 3.95. The maximum Gasteiger partial charge on any atom is 0.300 e. The molecule has 1 fully saturated rings. The molecule has 5 nitrogen and oxygen atoms in total. The third-order valence-electron chi connectivity index (χ3n) is 5.68. The Hall–Kier alpha value is -3.38. The molecule has 0 aliphatic carbocycles. The summed E-state index contributed by atoms with van der Waals surface area (Å²) in [5.74, 6) is -0.428. The number of rotatable bonds is 6. The molecule has 0 spiro atoms. The van der Waals surface area contributed by atoms with Crippen LogP contribution in [0.2, 0.25) is 0 Å². The first-order valence-electron chi connectivity index (χ1n) is 10.9. The summed E-state index contributed by atoms with van der Waals surface area (Å²) in [5, 5.41) is 13.2. The van der Waals surface area contributed by atoms with E-state index in [4.69, 9.17) is 4.74 Å². The molecule has 1 amide bonds. The number of nitrogens with zero attached hydrogens (tertiary/aromatic N) is 1. The first kappa shape index (κ1) is 22.8. The van der Waals surface area contributed by atoms with E-state index >= 15 is 0 Å². The van der Waals surface area contributed by atoms with Gasteiger partial charge in [0.05, 0.1) is 12.2 Å². The predicted octanol–water partition coefficient (Wildman–Crippen LogP) is 6.03. The normalized spacial score (nSPS) is 17.7. The standard InChI is InChI=1S/C27H27NO4S/c1-16(2)15-32-20-11-9-19(10-12-20)24(29)22-23(26-18(4)13-14-33-26)28(27(31)25(22)30)21-8-6-5-7-17(21)3/h5-14,16,23,29H,15H2,1-4H3/b24-22-. The molecule has 0 saturated carbocycles. The fourth-order valence-corrected chi connectivity index (χ4v) is 4.98. The molecule has 0 bridgehead atoms. The Morgan fingerprint density at radius 2 is 1.73 bits per heavy atom. The van der Waals surface area contributed by atoms with Crippen molar-refractivity contribution in [2.75, 3.05) is 11.5 Å². The SMILES string of the molecule is Cc1ccccc1N1C(=O)C(=O)/C(=C(\O)c2ccc(OCC(C)C)cc2)C1c1sccc1C. The van der Waals surface area contributed by atoms with Gasteiger partial charge in [0.25, 0.3) is 11.7 Å². The van der Waals surface area contributed by atoms with Crippen LogP contribution in [0.15, 0.2) is 65.6 Å². The largest absolute Gasteiger partial charge is 0.507 e. The van der Waals surface area contributed by atoms with E-state index in [9.17, 15) is 14.7 Å². The minimum Gasteiger partial charge on any atom is -0.507 e. The molecule has 1 atom stereocenters. The molecule has 33 heavy (non-hydrogen) atoms. The maximum atomic E-state index is 13.2. The second kappa shape index (κ2) is 9.24. The summed E-state index contributed by atoms with van der Waals surface area (Å²) in [6, 6.07) is 15.7. The minimum absolute atomic E-state index is 0.102. The number of para-hydroxylation sites is 1. The van der Waals surface area contributed by atoms with Gasteiger partial charge in [0.2, 0.25) is 0 Å². The van der Waals surface area contributed by atoms with Gasteiger partial charge in [0, 0.05) is 16.1 Å². The lowest BCUT2D eigenvalue weighted by Gasteiger charge is -2.26. The topological polar surface area (TPSA) is 66.8 Å². The highest BCUT2D eigenvalue weighted by molar-refractivity contribution is 7.10. The van der Waals surface area contributed by atoms with Crippen LogP contribution >= 0.6 is 11.3 Å². The van der Waals surface area contributed by atoms with E-state index in [0.29, 0.717) is 29.5 Å². The second-order valence-electron chi connectivity index (χ2n) is 8.65. The van der Waals surface area contributed by atoms with Crippen molar-refractivity contribution in [1.82, 2.24) is 0 Å². The van der Waals surface area contributed by atoms with Gasteiger partial charge < -0.3 is 9.84 Å². The number of aliphatic hydroxyl groups is 1. The van der Waals surface area contributed by atoms with Gasteiger partial charge in [-0.05, 0) is 72.7 Å². The molecular weight excluding hydrogens is 434 g/mol. The zero-order chi connectivity index (χ0) is 23.7. The molecule has 6 heteroatoms. The van der Waals surface area contributed by atoms with Crippen molar-refractivity contribution in [3.63, 3.8) is 0 Å². The number of anilines is 1. The Morgan fingerprint density at radius 3 is 2.33 bits per heavy atom. The summed E-state index contributed by atoms with van der Waals surface area (Å²) in [5.41, 5.74) is 3.08. The third kappa shape index (κ3) is 4.31. The summed E-state index contributed by atoms with van der Waals surface area (Å²) in [4.78, 5) is 28.9. The zero-order valence-corrected chi connectivity index (χ0v) is 20.0. The first-order chi connectivity index (χ1) is 15.8. The molecule has 2 aromatic carbocycles. The van der Waals surface area contributed by atoms with Crippen molar-refractivity contribution in [1.29, 1.82) is 0 Å². The summed E-state index contributed by atoms with van der Waals surface area (Å²) in [6.45, 7) is 8.58. The van der Waals surface area contributed by atoms with Crippen LogP contribution in [0.3, 0.4) is 0 Å². The van der Waals surface area contributed by atoms with Crippen LogP contribution in [0.1, 0.15) is 41.5 Å². The summed E-state index contributed by atoms with van der Waals surface area (Å²) >= 11 is 1.47. The second-order valence-corrected chi connectivity index (χ2v) is 9.60. The van der Waals surface area contributed by atoms with Gasteiger partial charge in [0.1, 0.15) is 17.6 Å². The smallest absolute Gasteiger partial charge is 0.300 e. The van der Waals surface area contributed by atoms with Gasteiger partial charge in [-0.15, -0.1) is 11.3 Å². The number of carbonyl (C=O) groups is 2. The van der Waals surface area contributed by atoms with E-state index in [0.717, 1.165) is 16.0 Å². The quantitative estimate of drug-likeness (QED) is 0.277. The average molecular weight is 462 g/mol. The van der Waals surface area contributed by atoms with Gasteiger partial charge in [-0.25, -0.2) is 0 Å². The Labute approximate surface area is 197 Å². The van der Waals surface area contributed by atoms with Crippen LogP contribution in [0.25, 0.3) is 5.76 Å². The molecule has 1 N–H and O–H groups in total. The lowest BCUT2D eigenvalue weighted by molar-refractivity contribution is -0.132.